The first-order chi connectivity index (χ1) is 7.94. The zero-order valence-corrected chi connectivity index (χ0v) is 11.0. The number of amides is 1. The third-order valence-corrected chi connectivity index (χ3v) is 2.88. The van der Waals surface area contributed by atoms with Gasteiger partial charge in [0.1, 0.15) is 5.60 Å². The smallest absolute Gasteiger partial charge is 0.410 e. The van der Waals surface area contributed by atoms with Crippen LogP contribution < -0.4 is 0 Å². The highest BCUT2D eigenvalue weighted by Gasteiger charge is 2.29. The Hall–Kier alpha value is -1.06. The van der Waals surface area contributed by atoms with Crippen LogP contribution in [-0.4, -0.2) is 35.5 Å². The topological polar surface area (TPSA) is 46.6 Å². The van der Waals surface area contributed by atoms with Crippen LogP contribution in [0, 0.1) is 0 Å². The maximum atomic E-state index is 12.0. The van der Waals surface area contributed by atoms with E-state index in [1.54, 1.807) is 6.29 Å². The fourth-order valence-electron chi connectivity index (χ4n) is 2.13. The Morgan fingerprint density at radius 1 is 1.29 bits per heavy atom. The summed E-state index contributed by atoms with van der Waals surface area (Å²) in [5.74, 6) is 0. The van der Waals surface area contributed by atoms with Crippen molar-refractivity contribution >= 4 is 12.4 Å². The predicted octanol–water partition coefficient (Wildman–Crippen LogP) is 2.67. The van der Waals surface area contributed by atoms with Crippen molar-refractivity contribution in [2.45, 2.75) is 64.5 Å². The van der Waals surface area contributed by atoms with E-state index in [0.29, 0.717) is 0 Å². The molecule has 0 aliphatic heterocycles. The van der Waals surface area contributed by atoms with E-state index in [9.17, 15) is 9.59 Å². The molecule has 0 N–H and O–H groups in total. The lowest BCUT2D eigenvalue weighted by Crippen LogP contribution is -2.45. The fraction of sp³-hybridized carbons (Fsp3) is 0.846. The van der Waals surface area contributed by atoms with Crippen molar-refractivity contribution in [1.29, 1.82) is 0 Å². The highest BCUT2D eigenvalue weighted by atomic mass is 16.6. The lowest BCUT2D eigenvalue weighted by atomic mass is 9.94. The summed E-state index contributed by atoms with van der Waals surface area (Å²) < 4.78 is 5.31. The number of rotatable bonds is 3. The van der Waals surface area contributed by atoms with Crippen LogP contribution in [0.15, 0.2) is 0 Å². The number of hydrogen-bond acceptors (Lipinski definition) is 3. The maximum absolute atomic E-state index is 12.0. The van der Waals surface area contributed by atoms with Crippen LogP contribution in [0.25, 0.3) is 0 Å². The van der Waals surface area contributed by atoms with Gasteiger partial charge in [0.15, 0.2) is 0 Å². The molecule has 0 heterocycles. The van der Waals surface area contributed by atoms with Crippen molar-refractivity contribution in [1.82, 2.24) is 4.90 Å². The molecule has 1 radical (unpaired) electrons. The van der Waals surface area contributed by atoms with E-state index >= 15 is 0 Å². The molecule has 0 spiro atoms. The Balaban J connectivity index is 2.63. The zero-order chi connectivity index (χ0) is 12.9. The van der Waals surface area contributed by atoms with Gasteiger partial charge in [-0.05, 0) is 33.6 Å². The van der Waals surface area contributed by atoms with E-state index in [1.165, 1.54) is 11.3 Å². The monoisotopic (exact) mass is 240 g/mol. The molecule has 1 amide bonds. The minimum Gasteiger partial charge on any atom is -0.444 e. The molecule has 0 aromatic carbocycles. The Morgan fingerprint density at radius 2 is 1.88 bits per heavy atom. The van der Waals surface area contributed by atoms with E-state index < -0.39 is 11.7 Å². The highest BCUT2D eigenvalue weighted by Crippen LogP contribution is 2.23. The molecule has 0 unspecified atom stereocenters. The lowest BCUT2D eigenvalue weighted by molar-refractivity contribution is 0.0160. The molecule has 0 atom stereocenters. The summed E-state index contributed by atoms with van der Waals surface area (Å²) in [6, 6.07) is 0.139. The van der Waals surface area contributed by atoms with Crippen LogP contribution in [0.3, 0.4) is 0 Å². The summed E-state index contributed by atoms with van der Waals surface area (Å²) in [6.45, 7) is 5.50. The van der Waals surface area contributed by atoms with E-state index in [0.717, 1.165) is 25.7 Å². The van der Waals surface area contributed by atoms with Crippen molar-refractivity contribution in [3.8, 4) is 0 Å². The lowest BCUT2D eigenvalue weighted by Gasteiger charge is -2.34. The normalized spacial score (nSPS) is 17.6. The molecule has 1 fully saturated rings. The largest absolute Gasteiger partial charge is 0.444 e. The second-order valence-corrected chi connectivity index (χ2v) is 5.54. The van der Waals surface area contributed by atoms with Crippen molar-refractivity contribution in [2.75, 3.05) is 6.54 Å². The number of nitrogens with zero attached hydrogens (tertiary/aromatic N) is 1. The molecule has 0 aromatic rings. The summed E-state index contributed by atoms with van der Waals surface area (Å²) >= 11 is 0. The van der Waals surface area contributed by atoms with Crippen molar-refractivity contribution in [2.24, 2.45) is 0 Å². The van der Waals surface area contributed by atoms with Gasteiger partial charge in [0, 0.05) is 6.04 Å². The quantitative estimate of drug-likeness (QED) is 0.762. The van der Waals surface area contributed by atoms with Crippen LogP contribution >= 0.6 is 0 Å². The summed E-state index contributed by atoms with van der Waals surface area (Å²) in [6.07, 6.45) is 6.77. The molecular weight excluding hydrogens is 218 g/mol. The maximum Gasteiger partial charge on any atom is 0.410 e. The molecule has 1 saturated carbocycles. The van der Waals surface area contributed by atoms with E-state index in [4.69, 9.17) is 4.74 Å². The Morgan fingerprint density at radius 3 is 2.35 bits per heavy atom. The highest BCUT2D eigenvalue weighted by molar-refractivity contribution is 5.72. The molecule has 0 aromatic heterocycles. The van der Waals surface area contributed by atoms with Gasteiger partial charge < -0.3 is 4.74 Å². The van der Waals surface area contributed by atoms with Crippen LogP contribution in [-0.2, 0) is 9.53 Å². The second-order valence-electron chi connectivity index (χ2n) is 5.54. The zero-order valence-electron chi connectivity index (χ0n) is 11.0. The molecule has 1 aliphatic carbocycles. The minimum absolute atomic E-state index is 0.0135. The van der Waals surface area contributed by atoms with Crippen LogP contribution in [0.1, 0.15) is 52.9 Å². The minimum atomic E-state index is -0.521. The second kappa shape index (κ2) is 6.03. The van der Waals surface area contributed by atoms with Crippen LogP contribution in [0.2, 0.25) is 0 Å². The fourth-order valence-corrected chi connectivity index (χ4v) is 2.13. The number of ether oxygens (including phenoxy) is 1. The molecule has 97 valence electrons. The third-order valence-electron chi connectivity index (χ3n) is 2.88. The summed E-state index contributed by atoms with van der Waals surface area (Å²) in [4.78, 5) is 24.1. The molecular formula is C13H22NO3. The first-order valence-corrected chi connectivity index (χ1v) is 6.28. The van der Waals surface area contributed by atoms with Crippen molar-refractivity contribution < 1.29 is 14.3 Å². The average molecular weight is 240 g/mol. The molecule has 17 heavy (non-hydrogen) atoms. The van der Waals surface area contributed by atoms with Crippen LogP contribution in [0.4, 0.5) is 4.79 Å². The van der Waals surface area contributed by atoms with Crippen LogP contribution in [0.5, 0.6) is 0 Å². The molecule has 1 rings (SSSR count). The van der Waals surface area contributed by atoms with Gasteiger partial charge in [0.05, 0.1) is 6.54 Å². The van der Waals surface area contributed by atoms with Gasteiger partial charge in [-0.2, -0.15) is 0 Å². The van der Waals surface area contributed by atoms with Gasteiger partial charge >= 0.3 is 6.09 Å². The molecule has 1 aliphatic rings. The summed E-state index contributed by atoms with van der Waals surface area (Å²) in [5.41, 5.74) is -0.521. The number of carbonyl (C=O) groups is 1. The number of hydrogen-bond donors (Lipinski definition) is 0. The van der Waals surface area contributed by atoms with E-state index in [-0.39, 0.29) is 12.6 Å². The first kappa shape index (κ1) is 14.0. The SMILES string of the molecule is CC(C)(C)OC(=O)N(C[C]=O)C1CCCCC1. The van der Waals surface area contributed by atoms with Gasteiger partial charge in [-0.15, -0.1) is 0 Å². The Bertz CT molecular complexity index is 264. The Kier molecular flexibility index (Phi) is 4.97. The predicted molar refractivity (Wildman–Crippen MR) is 65.5 cm³/mol. The Labute approximate surface area is 103 Å². The molecule has 0 saturated heterocycles. The van der Waals surface area contributed by atoms with Gasteiger partial charge in [0.2, 0.25) is 6.29 Å². The number of carbonyl (C=O) groups excluding carboxylic acids is 2. The van der Waals surface area contributed by atoms with Gasteiger partial charge in [-0.1, -0.05) is 19.3 Å². The average Bonchev–Trinajstić information content (AvgIpc) is 2.24. The van der Waals surface area contributed by atoms with Crippen molar-refractivity contribution in [3.05, 3.63) is 0 Å². The molecule has 4 nitrogen and oxygen atoms in total. The van der Waals surface area contributed by atoms with E-state index in [2.05, 4.69) is 0 Å². The first-order valence-electron chi connectivity index (χ1n) is 6.28. The molecule has 0 bridgehead atoms. The summed E-state index contributed by atoms with van der Waals surface area (Å²) in [5, 5.41) is 0. The van der Waals surface area contributed by atoms with Crippen molar-refractivity contribution in [3.63, 3.8) is 0 Å². The van der Waals surface area contributed by atoms with Gasteiger partial charge in [0.25, 0.3) is 0 Å². The van der Waals surface area contributed by atoms with Gasteiger partial charge in [-0.25, -0.2) is 4.79 Å². The summed E-state index contributed by atoms with van der Waals surface area (Å²) in [7, 11) is 0. The molecule has 4 heteroatoms. The standard InChI is InChI=1S/C13H22NO3/c1-13(2,3)17-12(16)14(9-10-15)11-7-5-4-6-8-11/h11H,4-9H2,1-3H3. The third kappa shape index (κ3) is 4.75. The van der Waals surface area contributed by atoms with Gasteiger partial charge in [-0.3, -0.25) is 9.69 Å². The van der Waals surface area contributed by atoms with E-state index in [1.807, 2.05) is 20.8 Å².